The Morgan fingerprint density at radius 3 is 1.33 bits per heavy atom. The van der Waals surface area contributed by atoms with Crippen molar-refractivity contribution >= 4 is 0 Å². The minimum atomic E-state index is -0.752. The molecular weight excluding hydrogens is 184 g/mol. The Morgan fingerprint density at radius 2 is 1.20 bits per heavy atom. The van der Waals surface area contributed by atoms with E-state index in [0.717, 1.165) is 24.0 Å². The monoisotopic (exact) mass is 208 g/mol. The molecule has 1 aliphatic carbocycles. The van der Waals surface area contributed by atoms with Crippen molar-refractivity contribution in [2.75, 3.05) is 0 Å². The molecule has 0 aromatic heterocycles. The summed E-state index contributed by atoms with van der Waals surface area (Å²) >= 11 is 0. The van der Waals surface area contributed by atoms with E-state index in [1.54, 1.807) is 0 Å². The summed E-state index contributed by atoms with van der Waals surface area (Å²) in [6.07, 6.45) is 1.97. The van der Waals surface area contributed by atoms with Gasteiger partial charge in [0.2, 0.25) is 0 Å². The maximum absolute atomic E-state index is 10.9. The van der Waals surface area contributed by atoms with Gasteiger partial charge in [-0.3, -0.25) is 0 Å². The van der Waals surface area contributed by atoms with E-state index in [-0.39, 0.29) is 10.8 Å². The standard InChI is InChI=1S/C14H24O/c1-10(2)12(5)8-9-13(6,11(3)4)14(12,7)15/h15H,1,3,8-9H2,2,4-7H3/t12-,13+,14?. The molecule has 0 aromatic carbocycles. The fraction of sp³-hybridized carbons (Fsp3) is 0.714. The lowest BCUT2D eigenvalue weighted by Gasteiger charge is -2.46. The highest BCUT2D eigenvalue weighted by molar-refractivity contribution is 5.28. The van der Waals surface area contributed by atoms with Gasteiger partial charge in [0.05, 0.1) is 5.60 Å². The molecule has 0 aliphatic heterocycles. The van der Waals surface area contributed by atoms with E-state index < -0.39 is 5.60 Å². The van der Waals surface area contributed by atoms with Gasteiger partial charge in [-0.25, -0.2) is 0 Å². The molecule has 0 spiro atoms. The molecule has 0 saturated heterocycles. The van der Waals surface area contributed by atoms with Crippen LogP contribution in [0.15, 0.2) is 24.3 Å². The molecule has 1 nitrogen and oxygen atoms in total. The molecule has 1 saturated carbocycles. The largest absolute Gasteiger partial charge is 0.388 e. The lowest BCUT2D eigenvalue weighted by molar-refractivity contribution is -0.0781. The fourth-order valence-electron chi connectivity index (χ4n) is 2.85. The zero-order chi connectivity index (χ0) is 12.1. The summed E-state index contributed by atoms with van der Waals surface area (Å²) in [4.78, 5) is 0. The van der Waals surface area contributed by atoms with Crippen LogP contribution in [0.4, 0.5) is 0 Å². The number of rotatable bonds is 2. The van der Waals surface area contributed by atoms with Gasteiger partial charge in [0.15, 0.2) is 0 Å². The van der Waals surface area contributed by atoms with Gasteiger partial charge in [0.1, 0.15) is 0 Å². The van der Waals surface area contributed by atoms with Crippen molar-refractivity contribution in [3.63, 3.8) is 0 Å². The average Bonchev–Trinajstić information content (AvgIpc) is 2.28. The number of aliphatic hydroxyl groups is 1. The van der Waals surface area contributed by atoms with Crippen molar-refractivity contribution in [3.05, 3.63) is 24.3 Å². The minimum Gasteiger partial charge on any atom is -0.388 e. The van der Waals surface area contributed by atoms with E-state index >= 15 is 0 Å². The Balaban J connectivity index is 3.26. The summed E-state index contributed by atoms with van der Waals surface area (Å²) in [5.41, 5.74) is 0.994. The second-order valence-corrected chi connectivity index (χ2v) is 5.80. The molecule has 1 heteroatoms. The molecule has 0 bridgehead atoms. The highest BCUT2D eigenvalue weighted by Gasteiger charge is 2.60. The third-order valence-corrected chi connectivity index (χ3v) is 5.16. The summed E-state index contributed by atoms with van der Waals surface area (Å²) in [7, 11) is 0. The van der Waals surface area contributed by atoms with Crippen LogP contribution in [0, 0.1) is 10.8 Å². The molecule has 0 aromatic rings. The maximum atomic E-state index is 10.9. The molecule has 0 heterocycles. The first-order valence-electron chi connectivity index (χ1n) is 5.64. The average molecular weight is 208 g/mol. The fourth-order valence-corrected chi connectivity index (χ4v) is 2.85. The van der Waals surface area contributed by atoms with Gasteiger partial charge >= 0.3 is 0 Å². The van der Waals surface area contributed by atoms with Crippen molar-refractivity contribution in [3.8, 4) is 0 Å². The van der Waals surface area contributed by atoms with Crippen molar-refractivity contribution in [2.24, 2.45) is 10.8 Å². The minimum absolute atomic E-state index is 0.194. The predicted octanol–water partition coefficient (Wildman–Crippen LogP) is 3.70. The van der Waals surface area contributed by atoms with Gasteiger partial charge in [0, 0.05) is 10.8 Å². The summed E-state index contributed by atoms with van der Waals surface area (Å²) in [5.74, 6) is 0. The molecule has 1 unspecified atom stereocenters. The van der Waals surface area contributed by atoms with Crippen LogP contribution in [0.5, 0.6) is 0 Å². The van der Waals surface area contributed by atoms with Crippen LogP contribution >= 0.6 is 0 Å². The second-order valence-electron chi connectivity index (χ2n) is 5.80. The second kappa shape index (κ2) is 3.21. The Kier molecular flexibility index (Phi) is 2.68. The third-order valence-electron chi connectivity index (χ3n) is 5.16. The van der Waals surface area contributed by atoms with E-state index in [1.807, 2.05) is 20.8 Å². The molecule has 1 N–H and O–H groups in total. The highest BCUT2D eigenvalue weighted by Crippen LogP contribution is 2.61. The van der Waals surface area contributed by atoms with Gasteiger partial charge in [-0.1, -0.05) is 38.2 Å². The highest BCUT2D eigenvalue weighted by atomic mass is 16.3. The van der Waals surface area contributed by atoms with E-state index in [0.29, 0.717) is 0 Å². The normalized spacial score (nSPS) is 45.5. The summed E-state index contributed by atoms with van der Waals surface area (Å²) in [6, 6.07) is 0. The molecule has 1 aliphatic rings. The molecule has 0 radical (unpaired) electrons. The smallest absolute Gasteiger partial charge is 0.0799 e. The van der Waals surface area contributed by atoms with E-state index in [9.17, 15) is 5.11 Å². The Morgan fingerprint density at radius 1 is 0.933 bits per heavy atom. The zero-order valence-corrected chi connectivity index (χ0v) is 10.8. The van der Waals surface area contributed by atoms with Crippen molar-refractivity contribution in [2.45, 2.75) is 53.1 Å². The molecule has 15 heavy (non-hydrogen) atoms. The molecule has 86 valence electrons. The van der Waals surface area contributed by atoms with Crippen LogP contribution in [0.2, 0.25) is 0 Å². The topological polar surface area (TPSA) is 20.2 Å². The molecule has 0 amide bonds. The van der Waals surface area contributed by atoms with Gasteiger partial charge in [-0.15, -0.1) is 0 Å². The molecule has 1 fully saturated rings. The van der Waals surface area contributed by atoms with Crippen LogP contribution in [0.25, 0.3) is 0 Å². The van der Waals surface area contributed by atoms with Gasteiger partial charge in [-0.2, -0.15) is 0 Å². The van der Waals surface area contributed by atoms with Crippen molar-refractivity contribution in [1.82, 2.24) is 0 Å². The quantitative estimate of drug-likeness (QED) is 0.686. The molecule has 3 atom stereocenters. The van der Waals surface area contributed by atoms with Gasteiger partial charge in [0.25, 0.3) is 0 Å². The zero-order valence-electron chi connectivity index (χ0n) is 10.8. The van der Waals surface area contributed by atoms with Crippen LogP contribution < -0.4 is 0 Å². The van der Waals surface area contributed by atoms with Crippen LogP contribution in [-0.4, -0.2) is 10.7 Å². The van der Waals surface area contributed by atoms with E-state index in [4.69, 9.17) is 0 Å². The Bertz CT molecular complexity index is 283. The molecule has 1 rings (SSSR count). The lowest BCUT2D eigenvalue weighted by atomic mass is 9.63. The van der Waals surface area contributed by atoms with Crippen molar-refractivity contribution < 1.29 is 5.11 Å². The first-order chi connectivity index (χ1) is 6.59. The van der Waals surface area contributed by atoms with E-state index in [1.165, 1.54) is 0 Å². The molecular formula is C14H24O. The van der Waals surface area contributed by atoms with Crippen LogP contribution in [0.3, 0.4) is 0 Å². The summed E-state index contributed by atoms with van der Waals surface area (Å²) in [6.45, 7) is 18.3. The first-order valence-corrected chi connectivity index (χ1v) is 5.64. The third kappa shape index (κ3) is 1.32. The Labute approximate surface area is 93.9 Å². The van der Waals surface area contributed by atoms with Gasteiger partial charge in [-0.05, 0) is 33.6 Å². The SMILES string of the molecule is C=C(C)[C@]1(C)CC[C@](C)(C(=C)C)C1(C)O. The Hall–Kier alpha value is -0.560. The van der Waals surface area contributed by atoms with Crippen molar-refractivity contribution in [1.29, 1.82) is 0 Å². The van der Waals surface area contributed by atoms with Crippen LogP contribution in [-0.2, 0) is 0 Å². The van der Waals surface area contributed by atoms with Gasteiger partial charge < -0.3 is 5.11 Å². The number of hydrogen-bond donors (Lipinski definition) is 1. The predicted molar refractivity (Wildman–Crippen MR) is 65.7 cm³/mol. The van der Waals surface area contributed by atoms with E-state index in [2.05, 4.69) is 27.0 Å². The summed E-state index contributed by atoms with van der Waals surface area (Å²) in [5, 5.41) is 10.9. The van der Waals surface area contributed by atoms with Crippen LogP contribution in [0.1, 0.15) is 47.5 Å². The lowest BCUT2D eigenvalue weighted by Crippen LogP contribution is -2.50. The first kappa shape index (κ1) is 12.5. The summed E-state index contributed by atoms with van der Waals surface area (Å²) < 4.78 is 0. The maximum Gasteiger partial charge on any atom is 0.0799 e. The number of hydrogen-bond acceptors (Lipinski definition) is 1.